The SMILES string of the molecule is CCNCc1ccc(N(CC)c2cccc(C)c2)nc1C. The van der Waals surface area contributed by atoms with Crippen molar-refractivity contribution in [2.24, 2.45) is 0 Å². The Morgan fingerprint density at radius 1 is 1.10 bits per heavy atom. The van der Waals surface area contributed by atoms with E-state index in [0.29, 0.717) is 0 Å². The summed E-state index contributed by atoms with van der Waals surface area (Å²) in [7, 11) is 0. The Morgan fingerprint density at radius 2 is 1.90 bits per heavy atom. The highest BCUT2D eigenvalue weighted by molar-refractivity contribution is 5.61. The quantitative estimate of drug-likeness (QED) is 0.869. The van der Waals surface area contributed by atoms with E-state index < -0.39 is 0 Å². The summed E-state index contributed by atoms with van der Waals surface area (Å²) in [6, 6.07) is 12.9. The van der Waals surface area contributed by atoms with Gasteiger partial charge in [0.25, 0.3) is 0 Å². The zero-order chi connectivity index (χ0) is 15.2. The van der Waals surface area contributed by atoms with Crippen LogP contribution in [0.1, 0.15) is 30.7 Å². The highest BCUT2D eigenvalue weighted by atomic mass is 15.2. The van der Waals surface area contributed by atoms with Crippen molar-refractivity contribution in [3.05, 3.63) is 53.2 Å². The van der Waals surface area contributed by atoms with E-state index in [-0.39, 0.29) is 0 Å². The highest BCUT2D eigenvalue weighted by Crippen LogP contribution is 2.25. The van der Waals surface area contributed by atoms with Crippen molar-refractivity contribution in [3.8, 4) is 0 Å². The van der Waals surface area contributed by atoms with Crippen LogP contribution in [0.2, 0.25) is 0 Å². The Bertz CT molecular complexity index is 593. The van der Waals surface area contributed by atoms with Crippen LogP contribution in [0.25, 0.3) is 0 Å². The maximum absolute atomic E-state index is 4.79. The van der Waals surface area contributed by atoms with Gasteiger partial charge in [0.1, 0.15) is 5.82 Å². The third-order valence-electron chi connectivity index (χ3n) is 3.65. The molecule has 21 heavy (non-hydrogen) atoms. The Morgan fingerprint density at radius 3 is 2.52 bits per heavy atom. The number of anilines is 2. The van der Waals surface area contributed by atoms with E-state index in [1.807, 2.05) is 0 Å². The molecule has 2 rings (SSSR count). The van der Waals surface area contributed by atoms with Gasteiger partial charge in [-0.15, -0.1) is 0 Å². The van der Waals surface area contributed by atoms with Gasteiger partial charge < -0.3 is 10.2 Å². The number of aryl methyl sites for hydroxylation is 2. The molecule has 0 aliphatic heterocycles. The van der Waals surface area contributed by atoms with Gasteiger partial charge in [-0.25, -0.2) is 4.98 Å². The fraction of sp³-hybridized carbons (Fsp3) is 0.389. The van der Waals surface area contributed by atoms with Gasteiger partial charge in [0.2, 0.25) is 0 Å². The molecule has 0 amide bonds. The second kappa shape index (κ2) is 7.23. The van der Waals surface area contributed by atoms with Crippen LogP contribution < -0.4 is 10.2 Å². The Labute approximate surface area is 128 Å². The summed E-state index contributed by atoms with van der Waals surface area (Å²) >= 11 is 0. The first-order valence-corrected chi connectivity index (χ1v) is 7.67. The van der Waals surface area contributed by atoms with Crippen LogP contribution >= 0.6 is 0 Å². The van der Waals surface area contributed by atoms with Crippen molar-refractivity contribution in [1.82, 2.24) is 10.3 Å². The van der Waals surface area contributed by atoms with E-state index in [1.54, 1.807) is 0 Å². The summed E-state index contributed by atoms with van der Waals surface area (Å²) in [6.45, 7) is 11.2. The molecular formula is C18H25N3. The molecule has 0 saturated heterocycles. The summed E-state index contributed by atoms with van der Waals surface area (Å²) in [6.07, 6.45) is 0. The fourth-order valence-corrected chi connectivity index (χ4v) is 2.45. The molecule has 1 N–H and O–H groups in total. The number of hydrogen-bond donors (Lipinski definition) is 1. The summed E-state index contributed by atoms with van der Waals surface area (Å²) in [4.78, 5) is 7.04. The van der Waals surface area contributed by atoms with Gasteiger partial charge in [0.05, 0.1) is 0 Å². The number of hydrogen-bond acceptors (Lipinski definition) is 3. The second-order valence-corrected chi connectivity index (χ2v) is 5.28. The lowest BCUT2D eigenvalue weighted by atomic mass is 10.1. The van der Waals surface area contributed by atoms with E-state index in [1.165, 1.54) is 16.8 Å². The molecule has 1 heterocycles. The zero-order valence-corrected chi connectivity index (χ0v) is 13.5. The minimum absolute atomic E-state index is 0.881. The van der Waals surface area contributed by atoms with Crippen molar-refractivity contribution >= 4 is 11.5 Å². The third-order valence-corrected chi connectivity index (χ3v) is 3.65. The van der Waals surface area contributed by atoms with Crippen LogP contribution in [0.3, 0.4) is 0 Å². The van der Waals surface area contributed by atoms with Crippen molar-refractivity contribution in [3.63, 3.8) is 0 Å². The summed E-state index contributed by atoms with van der Waals surface area (Å²) in [5.74, 6) is 1.01. The van der Waals surface area contributed by atoms with E-state index in [0.717, 1.165) is 31.1 Å². The third kappa shape index (κ3) is 3.82. The van der Waals surface area contributed by atoms with E-state index >= 15 is 0 Å². The van der Waals surface area contributed by atoms with E-state index in [9.17, 15) is 0 Å². The molecule has 0 atom stereocenters. The summed E-state index contributed by atoms with van der Waals surface area (Å²) in [5.41, 5.74) is 4.83. The zero-order valence-electron chi connectivity index (χ0n) is 13.5. The highest BCUT2D eigenvalue weighted by Gasteiger charge is 2.10. The van der Waals surface area contributed by atoms with Crippen molar-refractivity contribution in [1.29, 1.82) is 0 Å². The van der Waals surface area contributed by atoms with Crippen LogP contribution in [0.4, 0.5) is 11.5 Å². The molecule has 112 valence electrons. The van der Waals surface area contributed by atoms with E-state index in [2.05, 4.69) is 74.3 Å². The largest absolute Gasteiger partial charge is 0.327 e. The molecule has 1 aromatic heterocycles. The average molecular weight is 283 g/mol. The Hall–Kier alpha value is -1.87. The van der Waals surface area contributed by atoms with Gasteiger partial charge in [-0.1, -0.05) is 25.1 Å². The average Bonchev–Trinajstić information content (AvgIpc) is 2.47. The molecular weight excluding hydrogens is 258 g/mol. The predicted octanol–water partition coefficient (Wildman–Crippen LogP) is 3.97. The Kier molecular flexibility index (Phi) is 5.34. The molecule has 0 aliphatic carbocycles. The topological polar surface area (TPSA) is 28.2 Å². The van der Waals surface area contributed by atoms with Gasteiger partial charge in [-0.05, 0) is 56.6 Å². The molecule has 0 saturated carbocycles. The Balaban J connectivity index is 2.28. The van der Waals surface area contributed by atoms with Crippen molar-refractivity contribution in [2.75, 3.05) is 18.0 Å². The second-order valence-electron chi connectivity index (χ2n) is 5.28. The maximum atomic E-state index is 4.79. The van der Waals surface area contributed by atoms with Crippen molar-refractivity contribution in [2.45, 2.75) is 34.2 Å². The van der Waals surface area contributed by atoms with Crippen LogP contribution in [0, 0.1) is 13.8 Å². The summed E-state index contributed by atoms with van der Waals surface area (Å²) in [5, 5.41) is 3.35. The molecule has 0 fully saturated rings. The number of nitrogens with zero attached hydrogens (tertiary/aromatic N) is 2. The number of rotatable bonds is 6. The van der Waals surface area contributed by atoms with Gasteiger partial charge in [-0.2, -0.15) is 0 Å². The van der Waals surface area contributed by atoms with Crippen LogP contribution in [-0.4, -0.2) is 18.1 Å². The molecule has 0 spiro atoms. The maximum Gasteiger partial charge on any atom is 0.133 e. The normalized spacial score (nSPS) is 10.7. The van der Waals surface area contributed by atoms with Gasteiger partial charge in [0.15, 0.2) is 0 Å². The molecule has 2 aromatic rings. The van der Waals surface area contributed by atoms with Gasteiger partial charge in [0, 0.05) is 24.5 Å². The number of pyridine rings is 1. The van der Waals surface area contributed by atoms with Gasteiger partial charge in [-0.3, -0.25) is 0 Å². The first-order chi connectivity index (χ1) is 10.2. The number of benzene rings is 1. The number of nitrogens with one attached hydrogen (secondary N) is 1. The fourth-order valence-electron chi connectivity index (χ4n) is 2.45. The lowest BCUT2D eigenvalue weighted by Crippen LogP contribution is -2.19. The van der Waals surface area contributed by atoms with Crippen LogP contribution in [0.15, 0.2) is 36.4 Å². The molecule has 0 unspecified atom stereocenters. The smallest absolute Gasteiger partial charge is 0.133 e. The first kappa shape index (κ1) is 15.5. The predicted molar refractivity (Wildman–Crippen MR) is 90.2 cm³/mol. The lowest BCUT2D eigenvalue weighted by molar-refractivity contribution is 0.719. The lowest BCUT2D eigenvalue weighted by Gasteiger charge is -2.23. The summed E-state index contributed by atoms with van der Waals surface area (Å²) < 4.78 is 0. The monoisotopic (exact) mass is 283 g/mol. The van der Waals surface area contributed by atoms with Crippen LogP contribution in [0.5, 0.6) is 0 Å². The standard InChI is InChI=1S/C18H25N3/c1-5-19-13-16-10-11-18(20-15(16)4)21(6-2)17-9-7-8-14(3)12-17/h7-12,19H,5-6,13H2,1-4H3. The van der Waals surface area contributed by atoms with Gasteiger partial charge >= 0.3 is 0 Å². The van der Waals surface area contributed by atoms with E-state index in [4.69, 9.17) is 4.98 Å². The molecule has 3 nitrogen and oxygen atoms in total. The minimum atomic E-state index is 0.881. The molecule has 0 radical (unpaired) electrons. The minimum Gasteiger partial charge on any atom is -0.327 e. The molecule has 0 aliphatic rings. The number of aromatic nitrogens is 1. The van der Waals surface area contributed by atoms with Crippen LogP contribution in [-0.2, 0) is 6.54 Å². The molecule has 3 heteroatoms. The molecule has 0 bridgehead atoms. The first-order valence-electron chi connectivity index (χ1n) is 7.67. The van der Waals surface area contributed by atoms with Crippen molar-refractivity contribution < 1.29 is 0 Å². The molecule has 1 aromatic carbocycles.